The minimum atomic E-state index is -1.69. The number of hydrogen-bond acceptors (Lipinski definition) is 6. The average molecular weight is 222 g/mol. The normalized spacial score (nSPS) is 41.3. The van der Waals surface area contributed by atoms with Crippen LogP contribution in [0.3, 0.4) is 0 Å². The molecule has 1 heterocycles. The van der Waals surface area contributed by atoms with Crippen LogP contribution in [0.4, 0.5) is 4.39 Å². The number of halogens is 1. The highest BCUT2D eigenvalue weighted by atomic mass is 19.1. The minimum absolute atomic E-state index is 0.0673. The van der Waals surface area contributed by atoms with Crippen molar-refractivity contribution in [3.63, 3.8) is 0 Å². The lowest BCUT2D eigenvalue weighted by atomic mass is 9.98. The van der Waals surface area contributed by atoms with Crippen LogP contribution in [-0.4, -0.2) is 48.3 Å². The number of hydrogen-bond donors (Lipinski definition) is 3. The Bertz CT molecular complexity index is 239. The van der Waals surface area contributed by atoms with E-state index in [0.29, 0.717) is 0 Å². The Morgan fingerprint density at radius 2 is 2.27 bits per heavy atom. The maximum atomic E-state index is 13.6. The quantitative estimate of drug-likeness (QED) is 0.479. The summed E-state index contributed by atoms with van der Waals surface area (Å²) < 4.78 is 23.2. The molecule has 0 aromatic carbocycles. The van der Waals surface area contributed by atoms with E-state index in [1.165, 1.54) is 0 Å². The van der Waals surface area contributed by atoms with E-state index in [-0.39, 0.29) is 6.54 Å². The highest BCUT2D eigenvalue weighted by Crippen LogP contribution is 2.23. The molecule has 1 unspecified atom stereocenters. The third kappa shape index (κ3) is 2.63. The van der Waals surface area contributed by atoms with Crippen molar-refractivity contribution >= 4 is 5.97 Å². The number of esters is 1. The molecule has 5 atom stereocenters. The van der Waals surface area contributed by atoms with Gasteiger partial charge in [-0.15, -0.1) is 0 Å². The molecular formula is C8H15FN2O4. The first kappa shape index (κ1) is 12.3. The summed E-state index contributed by atoms with van der Waals surface area (Å²) in [7, 11) is 0. The van der Waals surface area contributed by atoms with E-state index in [1.807, 2.05) is 0 Å². The Morgan fingerprint density at radius 3 is 2.73 bits per heavy atom. The van der Waals surface area contributed by atoms with Crippen LogP contribution in [0, 0.1) is 0 Å². The molecule has 88 valence electrons. The van der Waals surface area contributed by atoms with E-state index in [1.54, 1.807) is 0 Å². The number of alkyl halides is 1. The second kappa shape index (κ2) is 4.84. The maximum Gasteiger partial charge on any atom is 0.303 e. The van der Waals surface area contributed by atoms with E-state index in [4.69, 9.17) is 20.9 Å². The summed E-state index contributed by atoms with van der Waals surface area (Å²) in [6, 6.07) is -1.24. The maximum absolute atomic E-state index is 13.6. The molecule has 0 amide bonds. The molecule has 0 aliphatic carbocycles. The number of rotatable bonds is 2. The minimum Gasteiger partial charge on any atom is -0.457 e. The summed E-state index contributed by atoms with van der Waals surface area (Å²) >= 11 is 0. The zero-order chi connectivity index (χ0) is 11.6. The van der Waals surface area contributed by atoms with Crippen molar-refractivity contribution in [2.75, 3.05) is 6.54 Å². The first-order chi connectivity index (χ1) is 6.97. The predicted octanol–water partition coefficient (Wildman–Crippen LogP) is -1.74. The predicted molar refractivity (Wildman–Crippen MR) is 48.4 cm³/mol. The van der Waals surface area contributed by atoms with Crippen molar-refractivity contribution in [3.8, 4) is 0 Å². The monoisotopic (exact) mass is 222 g/mol. The van der Waals surface area contributed by atoms with E-state index >= 15 is 0 Å². The Kier molecular flexibility index (Phi) is 3.97. The molecule has 5 N–H and O–H groups in total. The second-order valence-corrected chi connectivity index (χ2v) is 3.40. The third-order valence-electron chi connectivity index (χ3n) is 2.23. The fourth-order valence-electron chi connectivity index (χ4n) is 1.45. The molecule has 1 aliphatic heterocycles. The fraction of sp³-hybridized carbons (Fsp3) is 0.875. The SMILES string of the molecule is CC(=O)O[C@H]1[C@@H](F)[C@@H](N)C(O)O[C@@H]1CN. The summed E-state index contributed by atoms with van der Waals surface area (Å²) in [5.74, 6) is -0.645. The van der Waals surface area contributed by atoms with Gasteiger partial charge in [-0.05, 0) is 0 Å². The third-order valence-corrected chi connectivity index (χ3v) is 2.23. The van der Waals surface area contributed by atoms with Gasteiger partial charge in [0.1, 0.15) is 6.10 Å². The lowest BCUT2D eigenvalue weighted by Crippen LogP contribution is -2.62. The molecule has 7 heteroatoms. The summed E-state index contributed by atoms with van der Waals surface area (Å²) in [5, 5.41) is 9.22. The van der Waals surface area contributed by atoms with Gasteiger partial charge in [0.05, 0.1) is 6.04 Å². The van der Waals surface area contributed by atoms with E-state index in [0.717, 1.165) is 6.92 Å². The van der Waals surface area contributed by atoms with Crippen LogP contribution in [0.15, 0.2) is 0 Å². The highest BCUT2D eigenvalue weighted by molar-refractivity contribution is 5.66. The van der Waals surface area contributed by atoms with Gasteiger partial charge in [-0.1, -0.05) is 0 Å². The van der Waals surface area contributed by atoms with Crippen molar-refractivity contribution in [3.05, 3.63) is 0 Å². The summed E-state index contributed by atoms with van der Waals surface area (Å²) in [5.41, 5.74) is 10.6. The van der Waals surface area contributed by atoms with Crippen LogP contribution >= 0.6 is 0 Å². The molecule has 6 nitrogen and oxygen atoms in total. The number of carbonyl (C=O) groups excluding carboxylic acids is 1. The van der Waals surface area contributed by atoms with Gasteiger partial charge in [-0.3, -0.25) is 4.79 Å². The van der Waals surface area contributed by atoms with Gasteiger partial charge >= 0.3 is 5.97 Å². The fourth-order valence-corrected chi connectivity index (χ4v) is 1.45. The van der Waals surface area contributed by atoms with Crippen molar-refractivity contribution in [2.45, 2.75) is 37.6 Å². The zero-order valence-corrected chi connectivity index (χ0v) is 8.30. The molecule has 1 rings (SSSR count). The first-order valence-corrected chi connectivity index (χ1v) is 4.57. The molecule has 0 spiro atoms. The summed E-state index contributed by atoms with van der Waals surface area (Å²) in [6.07, 6.45) is -5.16. The molecule has 0 aromatic heterocycles. The Labute approximate surface area is 86.3 Å². The van der Waals surface area contributed by atoms with Gasteiger partial charge < -0.3 is 26.0 Å². The van der Waals surface area contributed by atoms with Gasteiger partial charge in [-0.25, -0.2) is 4.39 Å². The number of aliphatic hydroxyl groups excluding tert-OH is 1. The van der Waals surface area contributed by atoms with Crippen LogP contribution in [0.2, 0.25) is 0 Å². The Morgan fingerprint density at radius 1 is 1.67 bits per heavy atom. The van der Waals surface area contributed by atoms with Crippen LogP contribution in [0.1, 0.15) is 6.92 Å². The van der Waals surface area contributed by atoms with Gasteiger partial charge in [0.15, 0.2) is 18.6 Å². The molecule has 0 radical (unpaired) electrons. The number of carbonyl (C=O) groups is 1. The standard InChI is InChI=1S/C8H15FN2O4/c1-3(12)14-7-4(2-10)15-8(13)6(11)5(7)9/h4-8,13H,2,10-11H2,1H3/t4-,5+,6-,7-,8?/m1/s1. The molecule has 0 aromatic rings. The van der Waals surface area contributed by atoms with E-state index in [2.05, 4.69) is 0 Å². The molecular weight excluding hydrogens is 207 g/mol. The topological polar surface area (TPSA) is 108 Å². The molecule has 15 heavy (non-hydrogen) atoms. The number of aliphatic hydroxyl groups is 1. The van der Waals surface area contributed by atoms with Crippen LogP contribution in [0.25, 0.3) is 0 Å². The molecule has 0 saturated carbocycles. The van der Waals surface area contributed by atoms with Crippen LogP contribution in [0.5, 0.6) is 0 Å². The van der Waals surface area contributed by atoms with Crippen molar-refractivity contribution < 1.29 is 23.8 Å². The van der Waals surface area contributed by atoms with Crippen LogP contribution < -0.4 is 11.5 Å². The molecule has 0 bridgehead atoms. The average Bonchev–Trinajstić information content (AvgIpc) is 2.18. The van der Waals surface area contributed by atoms with Gasteiger partial charge in [0.25, 0.3) is 0 Å². The van der Waals surface area contributed by atoms with E-state index in [9.17, 15) is 14.3 Å². The lowest BCUT2D eigenvalue weighted by Gasteiger charge is -2.39. The summed E-state index contributed by atoms with van der Waals surface area (Å²) in [4.78, 5) is 10.7. The van der Waals surface area contributed by atoms with Gasteiger partial charge in [0.2, 0.25) is 0 Å². The number of nitrogens with two attached hydrogens (primary N) is 2. The molecule has 1 saturated heterocycles. The zero-order valence-electron chi connectivity index (χ0n) is 8.30. The van der Waals surface area contributed by atoms with E-state index < -0.39 is 36.7 Å². The smallest absolute Gasteiger partial charge is 0.303 e. The molecule has 1 aliphatic rings. The first-order valence-electron chi connectivity index (χ1n) is 4.57. The van der Waals surface area contributed by atoms with Gasteiger partial charge in [0, 0.05) is 13.5 Å². The van der Waals surface area contributed by atoms with Crippen LogP contribution in [-0.2, 0) is 14.3 Å². The second-order valence-electron chi connectivity index (χ2n) is 3.40. The van der Waals surface area contributed by atoms with Crippen molar-refractivity contribution in [1.82, 2.24) is 0 Å². The number of ether oxygens (including phenoxy) is 2. The lowest BCUT2D eigenvalue weighted by molar-refractivity contribution is -0.234. The Balaban J connectivity index is 2.75. The van der Waals surface area contributed by atoms with Crippen molar-refractivity contribution in [1.29, 1.82) is 0 Å². The van der Waals surface area contributed by atoms with Gasteiger partial charge in [-0.2, -0.15) is 0 Å². The van der Waals surface area contributed by atoms with Crippen molar-refractivity contribution in [2.24, 2.45) is 11.5 Å². The summed E-state index contributed by atoms with van der Waals surface area (Å²) in [6.45, 7) is 1.08. The Hall–Kier alpha value is -0.760. The molecule has 1 fully saturated rings. The largest absolute Gasteiger partial charge is 0.457 e. The highest BCUT2D eigenvalue weighted by Gasteiger charge is 2.45.